The average molecular weight is 258 g/mol. The minimum absolute atomic E-state index is 0.0574. The Morgan fingerprint density at radius 1 is 0.875 bits per heavy atom. The van der Waals surface area contributed by atoms with E-state index in [1.165, 1.54) is 0 Å². The van der Waals surface area contributed by atoms with Crippen LogP contribution < -0.4 is 4.65 Å². The van der Waals surface area contributed by atoms with Gasteiger partial charge in [0.1, 0.15) is 10.5 Å². The molecular weight excluding hydrogens is 254 g/mol. The molecule has 0 saturated carbocycles. The van der Waals surface area contributed by atoms with Gasteiger partial charge in [-0.25, -0.2) is 13.2 Å². The summed E-state index contributed by atoms with van der Waals surface area (Å²) in [5.74, 6) is -12.5. The maximum Gasteiger partial charge on any atom is 0.698 e. The van der Waals surface area contributed by atoms with Crippen LogP contribution in [0.15, 0.2) is 0 Å². The Balaban J connectivity index is 3.28. The van der Waals surface area contributed by atoms with Crippen LogP contribution in [0.2, 0.25) is 0 Å². The lowest BCUT2D eigenvalue weighted by molar-refractivity contribution is 0.278. The van der Waals surface area contributed by atoms with Gasteiger partial charge in [-0.1, -0.05) is 0 Å². The summed E-state index contributed by atoms with van der Waals surface area (Å²) in [5, 5.41) is 8.73. The van der Waals surface area contributed by atoms with Crippen LogP contribution in [0.3, 0.4) is 0 Å². The molecule has 0 atom stereocenters. The first-order chi connectivity index (χ1) is 7.40. The number of rotatable bonds is 3. The fourth-order valence-corrected chi connectivity index (χ4v) is 0.933. The summed E-state index contributed by atoms with van der Waals surface area (Å²) in [4.78, 5) is 0. The third-order valence-corrected chi connectivity index (χ3v) is 1.99. The van der Waals surface area contributed by atoms with Gasteiger partial charge in [-0.05, 0) is 0 Å². The normalized spacial score (nSPS) is 10.6. The lowest BCUT2D eigenvalue weighted by Crippen LogP contribution is -2.26. The maximum absolute atomic E-state index is 12.9. The largest absolute Gasteiger partial charge is 0.698 e. The van der Waals surface area contributed by atoms with Crippen molar-refractivity contribution in [1.82, 2.24) is 0 Å². The highest BCUT2D eigenvalue weighted by atomic mass is 28.2. The Morgan fingerprint density at radius 3 is 1.62 bits per heavy atom. The van der Waals surface area contributed by atoms with Crippen LogP contribution >= 0.6 is 0 Å². The van der Waals surface area contributed by atoms with E-state index in [1.54, 1.807) is 0 Å². The molecule has 0 aromatic heterocycles. The summed E-state index contributed by atoms with van der Waals surface area (Å²) < 4.78 is 71.7. The lowest BCUT2D eigenvalue weighted by Gasteiger charge is -2.11. The van der Waals surface area contributed by atoms with Crippen LogP contribution in [-0.4, -0.2) is 22.8 Å². The highest BCUT2D eigenvalue weighted by molar-refractivity contribution is 6.41. The standard InChI is InChI=1S/C6H4BF5O3Si/c8-1-2(9)4(11)6(5(12)3(1)10)14-7(13)15-16/h13H,16H3. The molecule has 1 N–H and O–H groups in total. The van der Waals surface area contributed by atoms with Gasteiger partial charge in [0.25, 0.3) is 0 Å². The second-order valence-electron chi connectivity index (χ2n) is 2.56. The van der Waals surface area contributed by atoms with E-state index in [-0.39, 0.29) is 10.5 Å². The predicted molar refractivity (Wildman–Crippen MR) is 45.9 cm³/mol. The van der Waals surface area contributed by atoms with Gasteiger partial charge in [0, 0.05) is 0 Å². The molecular formula is C6H4BF5O3Si. The molecule has 0 heterocycles. The third-order valence-electron chi connectivity index (χ3n) is 1.59. The Hall–Kier alpha value is -1.13. The molecule has 0 spiro atoms. The summed E-state index contributed by atoms with van der Waals surface area (Å²) in [6.45, 7) is 0. The fourth-order valence-electron chi connectivity index (χ4n) is 0.837. The summed E-state index contributed by atoms with van der Waals surface area (Å²) >= 11 is 0. The zero-order valence-corrected chi connectivity index (χ0v) is 9.73. The molecule has 0 aliphatic carbocycles. The average Bonchev–Trinajstić information content (AvgIpc) is 2.29. The van der Waals surface area contributed by atoms with E-state index in [1.807, 2.05) is 0 Å². The van der Waals surface area contributed by atoms with Crippen molar-refractivity contribution >= 4 is 17.8 Å². The molecule has 0 unspecified atom stereocenters. The Labute approximate surface area is 89.5 Å². The molecule has 1 aromatic carbocycles. The van der Waals surface area contributed by atoms with Crippen LogP contribution in [-0.2, 0) is 4.34 Å². The second kappa shape index (κ2) is 4.80. The van der Waals surface area contributed by atoms with Gasteiger partial charge >= 0.3 is 7.32 Å². The van der Waals surface area contributed by atoms with Crippen molar-refractivity contribution in [3.05, 3.63) is 29.1 Å². The van der Waals surface area contributed by atoms with E-state index >= 15 is 0 Å². The zero-order chi connectivity index (χ0) is 12.5. The Bertz CT molecular complexity index is 389. The van der Waals surface area contributed by atoms with E-state index in [4.69, 9.17) is 5.02 Å². The van der Waals surface area contributed by atoms with Gasteiger partial charge in [-0.2, -0.15) is 8.78 Å². The maximum atomic E-state index is 12.9. The smallest absolute Gasteiger partial charge is 0.508 e. The summed E-state index contributed by atoms with van der Waals surface area (Å²) in [6.07, 6.45) is 0. The molecule has 1 aromatic rings. The van der Waals surface area contributed by atoms with Gasteiger partial charge < -0.3 is 14.0 Å². The fraction of sp³-hybridized carbons (Fsp3) is 0. The van der Waals surface area contributed by atoms with Crippen LogP contribution in [0.1, 0.15) is 0 Å². The minimum Gasteiger partial charge on any atom is -0.508 e. The van der Waals surface area contributed by atoms with E-state index in [2.05, 4.69) is 9.00 Å². The van der Waals surface area contributed by atoms with Crippen LogP contribution in [0, 0.1) is 29.1 Å². The van der Waals surface area contributed by atoms with Crippen LogP contribution in [0.5, 0.6) is 5.75 Å². The highest BCUT2D eigenvalue weighted by Gasteiger charge is 2.30. The van der Waals surface area contributed by atoms with Gasteiger partial charge in [0.15, 0.2) is 5.75 Å². The predicted octanol–water partition coefficient (Wildman–Crippen LogP) is 0.0351. The van der Waals surface area contributed by atoms with Crippen LogP contribution in [0.4, 0.5) is 22.0 Å². The van der Waals surface area contributed by atoms with Crippen molar-refractivity contribution in [2.24, 2.45) is 0 Å². The molecule has 1 rings (SSSR count). The highest BCUT2D eigenvalue weighted by Crippen LogP contribution is 2.29. The van der Waals surface area contributed by atoms with Crippen molar-refractivity contribution in [2.45, 2.75) is 0 Å². The Morgan fingerprint density at radius 2 is 1.25 bits per heavy atom. The van der Waals surface area contributed by atoms with Gasteiger partial charge in [-0.3, -0.25) is 0 Å². The number of benzene rings is 1. The molecule has 3 nitrogen and oxygen atoms in total. The van der Waals surface area contributed by atoms with E-state index in [0.29, 0.717) is 0 Å². The molecule has 0 amide bonds. The molecule has 0 fully saturated rings. The third kappa shape index (κ3) is 2.18. The molecule has 0 aliphatic heterocycles. The molecule has 0 aliphatic rings. The Kier molecular flexibility index (Phi) is 3.89. The van der Waals surface area contributed by atoms with Crippen molar-refractivity contribution in [3.8, 4) is 5.75 Å². The molecule has 88 valence electrons. The number of hydrogen-bond donors (Lipinski definition) is 1. The SMILES string of the molecule is OB(O[SiH3])Oc1c(F)c(F)c(F)c(F)c1F. The molecule has 0 bridgehead atoms. The van der Waals surface area contributed by atoms with Gasteiger partial charge in [0.05, 0.1) is 0 Å². The van der Waals surface area contributed by atoms with Crippen molar-refractivity contribution in [2.75, 3.05) is 0 Å². The first-order valence-corrected chi connectivity index (χ1v) is 4.60. The molecule has 0 radical (unpaired) electrons. The quantitative estimate of drug-likeness (QED) is 0.360. The lowest BCUT2D eigenvalue weighted by atomic mass is 10.2. The monoisotopic (exact) mass is 258 g/mol. The number of hydrogen-bond acceptors (Lipinski definition) is 3. The molecule has 10 heteroatoms. The second-order valence-corrected chi connectivity index (χ2v) is 3.03. The number of halogens is 5. The van der Waals surface area contributed by atoms with Gasteiger partial charge in [0.2, 0.25) is 29.1 Å². The first-order valence-electron chi connectivity index (χ1n) is 3.79. The van der Waals surface area contributed by atoms with E-state index < -0.39 is 42.2 Å². The van der Waals surface area contributed by atoms with Crippen molar-refractivity contribution < 1.29 is 36.0 Å². The summed E-state index contributed by atoms with van der Waals surface area (Å²) in [5.41, 5.74) is 0. The van der Waals surface area contributed by atoms with E-state index in [0.717, 1.165) is 0 Å². The van der Waals surface area contributed by atoms with Crippen molar-refractivity contribution in [1.29, 1.82) is 0 Å². The van der Waals surface area contributed by atoms with Gasteiger partial charge in [-0.15, -0.1) is 0 Å². The summed E-state index contributed by atoms with van der Waals surface area (Å²) in [7, 11) is -2.14. The first kappa shape index (κ1) is 12.9. The minimum atomic E-state index is -2.30. The molecule has 0 saturated heterocycles. The van der Waals surface area contributed by atoms with Crippen LogP contribution in [0.25, 0.3) is 0 Å². The van der Waals surface area contributed by atoms with E-state index in [9.17, 15) is 22.0 Å². The zero-order valence-electron chi connectivity index (χ0n) is 7.73. The molecule has 16 heavy (non-hydrogen) atoms. The van der Waals surface area contributed by atoms with Crippen molar-refractivity contribution in [3.63, 3.8) is 0 Å². The topological polar surface area (TPSA) is 38.7 Å². The summed E-state index contributed by atoms with van der Waals surface area (Å²) in [6, 6.07) is 0.